The Kier molecular flexibility index (Phi) is 6.32. The predicted octanol–water partition coefficient (Wildman–Crippen LogP) is 1.94. The number of carbonyl (C=O) groups excluding carboxylic acids is 2. The van der Waals surface area contributed by atoms with Crippen LogP contribution in [0.5, 0.6) is 0 Å². The molecule has 166 valence electrons. The molecular formula is C24H26N4O4. The Labute approximate surface area is 185 Å². The highest BCUT2D eigenvalue weighted by Crippen LogP contribution is 2.30. The summed E-state index contributed by atoms with van der Waals surface area (Å²) in [7, 11) is 3.22. The maximum Gasteiger partial charge on any atom is 0.255 e. The van der Waals surface area contributed by atoms with Crippen LogP contribution in [0.2, 0.25) is 0 Å². The molecule has 8 heteroatoms. The molecule has 2 aromatic heterocycles. The minimum Gasteiger partial charge on any atom is -0.383 e. The maximum absolute atomic E-state index is 12.9. The summed E-state index contributed by atoms with van der Waals surface area (Å²) in [5, 5.41) is 3.68. The predicted molar refractivity (Wildman–Crippen MR) is 121 cm³/mol. The van der Waals surface area contributed by atoms with E-state index in [1.807, 2.05) is 30.3 Å². The Bertz CT molecular complexity index is 1220. The molecule has 8 nitrogen and oxygen atoms in total. The van der Waals surface area contributed by atoms with Gasteiger partial charge in [-0.15, -0.1) is 0 Å². The number of hydrogen-bond donors (Lipinski definition) is 1. The van der Waals surface area contributed by atoms with Gasteiger partial charge in [0, 0.05) is 63.1 Å². The number of carbonyl (C=O) groups is 2. The number of methoxy groups -OCH3 is 1. The number of hydrogen-bond acceptors (Lipinski definition) is 5. The van der Waals surface area contributed by atoms with E-state index in [4.69, 9.17) is 9.72 Å². The summed E-state index contributed by atoms with van der Waals surface area (Å²) in [6.07, 6.45) is 2.32. The molecule has 1 aromatic carbocycles. The second kappa shape index (κ2) is 9.32. The summed E-state index contributed by atoms with van der Waals surface area (Å²) in [4.78, 5) is 44.0. The minimum absolute atomic E-state index is 0.0293. The van der Waals surface area contributed by atoms with Gasteiger partial charge in [0.25, 0.3) is 11.8 Å². The van der Waals surface area contributed by atoms with Crippen LogP contribution in [0.1, 0.15) is 38.7 Å². The zero-order chi connectivity index (χ0) is 22.7. The van der Waals surface area contributed by atoms with Crippen molar-refractivity contribution >= 4 is 22.7 Å². The first-order chi connectivity index (χ1) is 15.5. The number of nitrogens with one attached hydrogen (secondary N) is 1. The van der Waals surface area contributed by atoms with Crippen molar-refractivity contribution in [3.05, 3.63) is 75.8 Å². The van der Waals surface area contributed by atoms with Crippen molar-refractivity contribution in [2.75, 3.05) is 33.4 Å². The lowest BCUT2D eigenvalue weighted by Gasteiger charge is -2.17. The smallest absolute Gasteiger partial charge is 0.255 e. The number of pyridine rings is 2. The second-order valence-corrected chi connectivity index (χ2v) is 7.96. The highest BCUT2D eigenvalue weighted by atomic mass is 16.5. The number of nitrogens with zero attached hydrogens (tertiary/aromatic N) is 3. The third kappa shape index (κ3) is 4.40. The molecular weight excluding hydrogens is 408 g/mol. The number of ether oxygens (including phenoxy) is 1. The Morgan fingerprint density at radius 2 is 2.03 bits per heavy atom. The van der Waals surface area contributed by atoms with Gasteiger partial charge in [-0.3, -0.25) is 19.4 Å². The molecule has 0 spiro atoms. The Hall–Kier alpha value is -3.52. The average molecular weight is 434 g/mol. The Morgan fingerprint density at radius 3 is 2.81 bits per heavy atom. The molecule has 1 aliphatic rings. The molecule has 0 saturated carbocycles. The summed E-state index contributed by atoms with van der Waals surface area (Å²) in [6.45, 7) is 1.97. The van der Waals surface area contributed by atoms with E-state index < -0.39 is 0 Å². The van der Waals surface area contributed by atoms with Crippen molar-refractivity contribution in [1.82, 2.24) is 19.8 Å². The van der Waals surface area contributed by atoms with Crippen LogP contribution in [0.25, 0.3) is 10.9 Å². The number of para-hydroxylation sites is 1. The lowest BCUT2D eigenvalue weighted by atomic mass is 9.99. The average Bonchev–Trinajstić information content (AvgIpc) is 3.30. The lowest BCUT2D eigenvalue weighted by Crippen LogP contribution is -2.30. The molecule has 32 heavy (non-hydrogen) atoms. The van der Waals surface area contributed by atoms with Gasteiger partial charge in [0.2, 0.25) is 5.56 Å². The van der Waals surface area contributed by atoms with Gasteiger partial charge in [-0.2, -0.15) is 0 Å². The standard InChI is InChI=1S/C24H26N4O4/c1-27-14-17(7-8-22(27)29)24(31)28-11-9-16(15-28)21-13-19(23(30)25-10-12-32-2)18-5-3-4-6-20(18)26-21/h3-8,13-14,16H,9-12,15H2,1-2H3,(H,25,30). The number of benzene rings is 1. The fourth-order valence-corrected chi connectivity index (χ4v) is 4.04. The molecule has 3 aromatic rings. The molecule has 1 atom stereocenters. The summed E-state index contributed by atoms with van der Waals surface area (Å²) in [5.41, 5.74) is 2.46. The molecule has 1 saturated heterocycles. The molecule has 1 N–H and O–H groups in total. The zero-order valence-corrected chi connectivity index (χ0v) is 18.2. The minimum atomic E-state index is -0.168. The van der Waals surface area contributed by atoms with Crippen molar-refractivity contribution < 1.29 is 14.3 Å². The van der Waals surface area contributed by atoms with Gasteiger partial charge >= 0.3 is 0 Å². The van der Waals surface area contributed by atoms with Crippen LogP contribution in [0.15, 0.2) is 53.5 Å². The van der Waals surface area contributed by atoms with E-state index >= 15 is 0 Å². The van der Waals surface area contributed by atoms with Crippen LogP contribution in [0.3, 0.4) is 0 Å². The first-order valence-electron chi connectivity index (χ1n) is 10.6. The molecule has 4 rings (SSSR count). The topological polar surface area (TPSA) is 93.5 Å². The highest BCUT2D eigenvalue weighted by Gasteiger charge is 2.30. The van der Waals surface area contributed by atoms with E-state index in [2.05, 4.69) is 5.32 Å². The normalized spacial score (nSPS) is 15.8. The van der Waals surface area contributed by atoms with Crippen molar-refractivity contribution in [2.45, 2.75) is 12.3 Å². The molecule has 3 heterocycles. The van der Waals surface area contributed by atoms with Crippen LogP contribution in [0.4, 0.5) is 0 Å². The number of rotatable bonds is 6. The molecule has 0 bridgehead atoms. The number of amides is 2. The fraction of sp³-hybridized carbons (Fsp3) is 0.333. The van der Waals surface area contributed by atoms with Crippen molar-refractivity contribution in [3.63, 3.8) is 0 Å². The van der Waals surface area contributed by atoms with Crippen LogP contribution >= 0.6 is 0 Å². The van der Waals surface area contributed by atoms with Crippen LogP contribution < -0.4 is 10.9 Å². The first-order valence-corrected chi connectivity index (χ1v) is 10.6. The largest absolute Gasteiger partial charge is 0.383 e. The molecule has 0 radical (unpaired) electrons. The monoisotopic (exact) mass is 434 g/mol. The van der Waals surface area contributed by atoms with E-state index in [1.54, 1.807) is 31.3 Å². The molecule has 2 amide bonds. The van der Waals surface area contributed by atoms with Gasteiger partial charge in [0.1, 0.15) is 0 Å². The quantitative estimate of drug-likeness (QED) is 0.599. The molecule has 0 aliphatic carbocycles. The van der Waals surface area contributed by atoms with E-state index in [-0.39, 0.29) is 23.3 Å². The summed E-state index contributed by atoms with van der Waals surface area (Å²) in [6, 6.07) is 12.4. The number of aryl methyl sites for hydroxylation is 1. The molecule has 1 fully saturated rings. The molecule has 1 aliphatic heterocycles. The van der Waals surface area contributed by atoms with Crippen LogP contribution in [-0.2, 0) is 11.8 Å². The van der Waals surface area contributed by atoms with E-state index in [9.17, 15) is 14.4 Å². The zero-order valence-electron chi connectivity index (χ0n) is 18.2. The number of fused-ring (bicyclic) bond motifs is 1. The number of likely N-dealkylation sites (tertiary alicyclic amines) is 1. The van der Waals surface area contributed by atoms with Gasteiger partial charge in [-0.1, -0.05) is 18.2 Å². The third-order valence-electron chi connectivity index (χ3n) is 5.80. The fourth-order valence-electron chi connectivity index (χ4n) is 4.04. The summed E-state index contributed by atoms with van der Waals surface area (Å²) in [5.74, 6) is -0.249. The van der Waals surface area contributed by atoms with Gasteiger partial charge in [0.15, 0.2) is 0 Å². The van der Waals surface area contributed by atoms with Gasteiger partial charge in [-0.25, -0.2) is 0 Å². The van der Waals surface area contributed by atoms with E-state index in [1.165, 1.54) is 10.6 Å². The van der Waals surface area contributed by atoms with Crippen LogP contribution in [-0.4, -0.2) is 59.6 Å². The Morgan fingerprint density at radius 1 is 1.22 bits per heavy atom. The third-order valence-corrected chi connectivity index (χ3v) is 5.80. The van der Waals surface area contributed by atoms with Crippen LogP contribution in [0, 0.1) is 0 Å². The van der Waals surface area contributed by atoms with Crippen molar-refractivity contribution in [3.8, 4) is 0 Å². The second-order valence-electron chi connectivity index (χ2n) is 7.96. The maximum atomic E-state index is 12.9. The van der Waals surface area contributed by atoms with Gasteiger partial charge in [-0.05, 0) is 24.6 Å². The molecule has 1 unspecified atom stereocenters. The Balaban J connectivity index is 1.58. The van der Waals surface area contributed by atoms with Crippen molar-refractivity contribution in [1.29, 1.82) is 0 Å². The number of aromatic nitrogens is 2. The first kappa shape index (κ1) is 21.7. The van der Waals surface area contributed by atoms with Gasteiger partial charge in [0.05, 0.1) is 23.3 Å². The summed E-state index contributed by atoms with van der Waals surface area (Å²) >= 11 is 0. The van der Waals surface area contributed by atoms with Crippen molar-refractivity contribution in [2.24, 2.45) is 7.05 Å². The van der Waals surface area contributed by atoms with E-state index in [0.717, 1.165) is 23.0 Å². The summed E-state index contributed by atoms with van der Waals surface area (Å²) < 4.78 is 6.42. The lowest BCUT2D eigenvalue weighted by molar-refractivity contribution is 0.0789. The van der Waals surface area contributed by atoms with Gasteiger partial charge < -0.3 is 19.5 Å². The SMILES string of the molecule is COCCNC(=O)c1cc(C2CCN(C(=O)c3ccc(=O)n(C)c3)C2)nc2ccccc12. The highest BCUT2D eigenvalue weighted by molar-refractivity contribution is 6.06. The van der Waals surface area contributed by atoms with E-state index in [0.29, 0.717) is 37.4 Å².